The van der Waals surface area contributed by atoms with Gasteiger partial charge in [0, 0.05) is 0 Å². The van der Waals surface area contributed by atoms with Gasteiger partial charge in [-0.3, -0.25) is 0 Å². The van der Waals surface area contributed by atoms with Crippen LogP contribution in [-0.2, 0) is 23.8 Å². The minimum Gasteiger partial charge on any atom is -0.497 e. The van der Waals surface area contributed by atoms with Gasteiger partial charge in [0.2, 0.25) is 0 Å². The van der Waals surface area contributed by atoms with Gasteiger partial charge in [-0.1, -0.05) is 25.5 Å². The van der Waals surface area contributed by atoms with Crippen LogP contribution in [0.5, 0.6) is 17.2 Å². The number of unbranched alkanes of at least 4 members (excludes halogenated alkanes) is 1. The van der Waals surface area contributed by atoms with Gasteiger partial charge in [-0.15, -0.1) is 0 Å². The number of fused-ring (bicyclic) bond motifs is 1. The van der Waals surface area contributed by atoms with E-state index in [1.165, 1.54) is 37.4 Å². The van der Waals surface area contributed by atoms with Gasteiger partial charge in [0.25, 0.3) is 0 Å². The van der Waals surface area contributed by atoms with E-state index in [4.69, 9.17) is 18.9 Å². The molecule has 1 heterocycles. The summed E-state index contributed by atoms with van der Waals surface area (Å²) in [7, 11) is -3.71. The highest BCUT2D eigenvalue weighted by Gasteiger charge is 2.51. The number of rotatable bonds is 9. The Hall–Kier alpha value is -3.41. The first kappa shape index (κ1) is 26.2. The van der Waals surface area contributed by atoms with Crippen molar-refractivity contribution in [3.05, 3.63) is 59.2 Å². The standard InChI is InChI=1S/C23H23F3O8S/c1-4-5-12-32-16-10-11-18-17(13-16)21(34-35(28,29)23(24,25)26)19(22(27)31-3)20(33-18)14-6-8-15(30-2)9-7-14/h6-11,13,20H,4-5,12H2,1-3H3. The average Bonchev–Trinajstić information content (AvgIpc) is 2.83. The SMILES string of the molecule is CCCCOc1ccc2c(c1)C(OS(=O)(=O)C(F)(F)F)=C(C(=O)OC)C(c1ccc(OC)cc1)O2. The molecule has 0 aromatic heterocycles. The molecule has 0 N–H and O–H groups in total. The lowest BCUT2D eigenvalue weighted by Crippen LogP contribution is -2.29. The van der Waals surface area contributed by atoms with E-state index in [0.29, 0.717) is 24.3 Å². The maximum Gasteiger partial charge on any atom is 0.534 e. The Labute approximate surface area is 200 Å². The van der Waals surface area contributed by atoms with Crippen molar-refractivity contribution in [2.75, 3.05) is 20.8 Å². The number of carbonyl (C=O) groups is 1. The number of esters is 1. The summed E-state index contributed by atoms with van der Waals surface area (Å²) in [6.07, 6.45) is 0.204. The minimum absolute atomic E-state index is 0.0197. The summed E-state index contributed by atoms with van der Waals surface area (Å²) in [5.41, 5.74) is -6.21. The molecule has 2 aromatic carbocycles. The Balaban J connectivity index is 2.23. The molecule has 1 aliphatic rings. The van der Waals surface area contributed by atoms with Crippen LogP contribution in [-0.4, -0.2) is 40.7 Å². The number of hydrogen-bond donors (Lipinski definition) is 0. The van der Waals surface area contributed by atoms with Gasteiger partial charge in [-0.2, -0.15) is 21.6 Å². The summed E-state index contributed by atoms with van der Waals surface area (Å²) in [5.74, 6) is -1.33. The van der Waals surface area contributed by atoms with Crippen molar-refractivity contribution in [3.8, 4) is 17.2 Å². The van der Waals surface area contributed by atoms with E-state index in [0.717, 1.165) is 13.5 Å². The summed E-state index contributed by atoms with van der Waals surface area (Å²) < 4.78 is 89.6. The summed E-state index contributed by atoms with van der Waals surface area (Å²) in [5, 5.41) is 0. The van der Waals surface area contributed by atoms with Crippen molar-refractivity contribution in [1.82, 2.24) is 0 Å². The second-order valence-corrected chi connectivity index (χ2v) is 8.89. The van der Waals surface area contributed by atoms with Crippen LogP contribution in [0.3, 0.4) is 0 Å². The highest BCUT2D eigenvalue weighted by Crippen LogP contribution is 2.46. The van der Waals surface area contributed by atoms with E-state index in [9.17, 15) is 26.4 Å². The fourth-order valence-electron chi connectivity index (χ4n) is 3.23. The third-order valence-electron chi connectivity index (χ3n) is 5.01. The second kappa shape index (κ2) is 10.5. The van der Waals surface area contributed by atoms with Gasteiger partial charge in [0.15, 0.2) is 11.9 Å². The fraction of sp³-hybridized carbons (Fsp3) is 0.348. The maximum atomic E-state index is 13.2. The van der Waals surface area contributed by atoms with E-state index < -0.39 is 39.0 Å². The van der Waals surface area contributed by atoms with Crippen molar-refractivity contribution >= 4 is 21.8 Å². The molecule has 0 fully saturated rings. The van der Waals surface area contributed by atoms with Crippen molar-refractivity contribution in [3.63, 3.8) is 0 Å². The van der Waals surface area contributed by atoms with Crippen LogP contribution in [0.25, 0.3) is 5.76 Å². The van der Waals surface area contributed by atoms with Gasteiger partial charge in [-0.25, -0.2) is 4.79 Å². The molecule has 0 amide bonds. The summed E-state index contributed by atoms with van der Waals surface area (Å²) in [4.78, 5) is 12.8. The first-order valence-corrected chi connectivity index (χ1v) is 11.8. The van der Waals surface area contributed by atoms with Crippen LogP contribution >= 0.6 is 0 Å². The average molecular weight is 516 g/mol. The second-order valence-electron chi connectivity index (χ2n) is 7.35. The maximum absolute atomic E-state index is 13.2. The third-order valence-corrected chi connectivity index (χ3v) is 5.97. The number of benzene rings is 2. The first-order chi connectivity index (χ1) is 16.5. The zero-order chi connectivity index (χ0) is 25.8. The zero-order valence-electron chi connectivity index (χ0n) is 19.0. The van der Waals surface area contributed by atoms with Gasteiger partial charge in [0.1, 0.15) is 22.8 Å². The predicted molar refractivity (Wildman–Crippen MR) is 118 cm³/mol. The number of methoxy groups -OCH3 is 2. The number of hydrogen-bond acceptors (Lipinski definition) is 8. The predicted octanol–water partition coefficient (Wildman–Crippen LogP) is 4.76. The number of alkyl halides is 3. The van der Waals surface area contributed by atoms with E-state index in [2.05, 4.69) is 4.18 Å². The van der Waals surface area contributed by atoms with Crippen molar-refractivity contribution in [2.24, 2.45) is 0 Å². The van der Waals surface area contributed by atoms with E-state index >= 15 is 0 Å². The molecule has 3 rings (SSSR count). The molecule has 1 atom stereocenters. The van der Waals surface area contributed by atoms with E-state index in [-0.39, 0.29) is 17.1 Å². The Morgan fingerprint density at radius 2 is 1.71 bits per heavy atom. The zero-order valence-corrected chi connectivity index (χ0v) is 19.9. The van der Waals surface area contributed by atoms with Gasteiger partial charge in [0.05, 0.1) is 26.4 Å². The van der Waals surface area contributed by atoms with Crippen LogP contribution in [0.15, 0.2) is 48.0 Å². The monoisotopic (exact) mass is 516 g/mol. The largest absolute Gasteiger partial charge is 0.534 e. The van der Waals surface area contributed by atoms with Crippen molar-refractivity contribution in [2.45, 2.75) is 31.4 Å². The number of ether oxygens (including phenoxy) is 4. The Bertz CT molecular complexity index is 1200. The molecule has 2 aromatic rings. The minimum atomic E-state index is -6.15. The molecule has 0 aliphatic carbocycles. The topological polar surface area (TPSA) is 97.4 Å². The first-order valence-electron chi connectivity index (χ1n) is 10.4. The van der Waals surface area contributed by atoms with Crippen LogP contribution in [0.1, 0.15) is 37.0 Å². The molecule has 12 heteroatoms. The lowest BCUT2D eigenvalue weighted by Gasteiger charge is -2.30. The summed E-state index contributed by atoms with van der Waals surface area (Å²) >= 11 is 0. The van der Waals surface area contributed by atoms with E-state index in [1.54, 1.807) is 12.1 Å². The molecule has 35 heavy (non-hydrogen) atoms. The van der Waals surface area contributed by atoms with Crippen molar-refractivity contribution in [1.29, 1.82) is 0 Å². The molecule has 190 valence electrons. The Morgan fingerprint density at radius 1 is 1.06 bits per heavy atom. The molecule has 0 spiro atoms. The van der Waals surface area contributed by atoms with Crippen LogP contribution in [0.4, 0.5) is 13.2 Å². The molecule has 0 saturated carbocycles. The van der Waals surface area contributed by atoms with Crippen molar-refractivity contribution < 1.29 is 49.5 Å². The van der Waals surface area contributed by atoms with Gasteiger partial charge >= 0.3 is 21.6 Å². The summed E-state index contributed by atoms with van der Waals surface area (Å²) in [6, 6.07) is 10.3. The van der Waals surface area contributed by atoms with Crippen LogP contribution in [0.2, 0.25) is 0 Å². The molecular formula is C23H23F3O8S. The van der Waals surface area contributed by atoms with E-state index in [1.807, 2.05) is 6.92 Å². The normalized spacial score (nSPS) is 15.7. The number of halogens is 3. The molecular weight excluding hydrogens is 493 g/mol. The third kappa shape index (κ3) is 5.64. The molecule has 1 unspecified atom stereocenters. The summed E-state index contributed by atoms with van der Waals surface area (Å²) in [6.45, 7) is 2.26. The fourth-order valence-corrected chi connectivity index (χ4v) is 3.73. The quantitative estimate of drug-likeness (QED) is 0.204. The van der Waals surface area contributed by atoms with Crippen LogP contribution < -0.4 is 14.2 Å². The molecule has 0 saturated heterocycles. The molecule has 1 aliphatic heterocycles. The van der Waals surface area contributed by atoms with Gasteiger partial charge in [-0.05, 0) is 42.3 Å². The highest BCUT2D eigenvalue weighted by atomic mass is 32.2. The molecule has 0 bridgehead atoms. The Kier molecular flexibility index (Phi) is 7.83. The molecule has 0 radical (unpaired) electrons. The lowest BCUT2D eigenvalue weighted by atomic mass is 9.94. The van der Waals surface area contributed by atoms with Gasteiger partial charge < -0.3 is 23.1 Å². The smallest absolute Gasteiger partial charge is 0.497 e. The van der Waals surface area contributed by atoms with Crippen LogP contribution in [0, 0.1) is 0 Å². The highest BCUT2D eigenvalue weighted by molar-refractivity contribution is 7.87. The molecule has 8 nitrogen and oxygen atoms in total. The number of carbonyl (C=O) groups excluding carboxylic acids is 1. The lowest BCUT2D eigenvalue weighted by molar-refractivity contribution is -0.137. The Morgan fingerprint density at radius 3 is 2.29 bits per heavy atom.